The fraction of sp³-hybridized carbons (Fsp3) is 0.125. The van der Waals surface area contributed by atoms with Gasteiger partial charge in [0.2, 0.25) is 15.9 Å². The van der Waals surface area contributed by atoms with Crippen LogP contribution >= 0.6 is 0 Å². The lowest BCUT2D eigenvalue weighted by molar-refractivity contribution is 0.112. The van der Waals surface area contributed by atoms with Gasteiger partial charge in [-0.25, -0.2) is 22.2 Å². The second-order valence-electron chi connectivity index (χ2n) is 10.3. The Hall–Kier alpha value is -4.87. The summed E-state index contributed by atoms with van der Waals surface area (Å²) in [6.07, 6.45) is 1.71. The van der Waals surface area contributed by atoms with Gasteiger partial charge in [-0.2, -0.15) is 0 Å². The molecule has 6 rings (SSSR count). The number of furan rings is 1. The number of hydrogen-bond acceptors (Lipinski definition) is 7. The van der Waals surface area contributed by atoms with Crippen LogP contribution in [0.5, 0.6) is 0 Å². The Morgan fingerprint density at radius 2 is 1.65 bits per heavy atom. The summed E-state index contributed by atoms with van der Waals surface area (Å²) in [5.74, 6) is -0.609. The number of oxazole rings is 1. The van der Waals surface area contributed by atoms with E-state index in [-0.39, 0.29) is 39.6 Å². The van der Waals surface area contributed by atoms with Gasteiger partial charge >= 0.3 is 0 Å². The number of sulfonamides is 1. The van der Waals surface area contributed by atoms with Gasteiger partial charge in [0.15, 0.2) is 17.7 Å². The van der Waals surface area contributed by atoms with Crippen molar-refractivity contribution < 1.29 is 30.8 Å². The van der Waals surface area contributed by atoms with Gasteiger partial charge < -0.3 is 14.6 Å². The van der Waals surface area contributed by atoms with Gasteiger partial charge in [0.1, 0.15) is 22.7 Å². The highest BCUT2D eigenvalue weighted by Crippen LogP contribution is 2.42. The fourth-order valence-corrected chi connectivity index (χ4v) is 5.49. The summed E-state index contributed by atoms with van der Waals surface area (Å²) >= 11 is 0. The fourth-order valence-electron chi connectivity index (χ4n) is 4.99. The average Bonchev–Trinajstić information content (AvgIpc) is 3.58. The first kappa shape index (κ1) is 28.3. The lowest BCUT2D eigenvalue weighted by Crippen LogP contribution is -2.25. The number of fused-ring (bicyclic) bond motifs is 2. The number of nitrogens with two attached hydrogens (primary N) is 1. The highest BCUT2D eigenvalue weighted by Gasteiger charge is 2.24. The molecule has 4 aromatic carbocycles. The molecule has 0 aliphatic heterocycles. The van der Waals surface area contributed by atoms with Crippen molar-refractivity contribution in [3.63, 3.8) is 0 Å². The number of halogens is 2. The zero-order valence-corrected chi connectivity index (χ0v) is 24.1. The summed E-state index contributed by atoms with van der Waals surface area (Å²) in [6.45, 7) is 1.79. The minimum atomic E-state index is -3.75. The predicted molar refractivity (Wildman–Crippen MR) is 161 cm³/mol. The number of aldehydes is 1. The van der Waals surface area contributed by atoms with Gasteiger partial charge in [0, 0.05) is 41.2 Å². The molecule has 8 nitrogen and oxygen atoms in total. The molecule has 0 aliphatic rings. The predicted octanol–water partition coefficient (Wildman–Crippen LogP) is 7.08. The third-order valence-corrected chi connectivity index (χ3v) is 8.51. The van der Waals surface area contributed by atoms with E-state index in [0.717, 1.165) is 10.6 Å². The standard InChI is InChI=1S/C32H25F2N3O5S/c1-17(35)19-11-20(13-21(12-19)32-36-30-26(34)5-4-6-28(30)42-32)23-14-24-25(16-38)31(18-7-9-22(33)10-8-18)41-29(24)15-27(23)37(2)43(3,39)40/h4-17H,35H2,1-3H3. The van der Waals surface area contributed by atoms with Gasteiger partial charge in [-0.05, 0) is 78.7 Å². The van der Waals surface area contributed by atoms with Gasteiger partial charge in [0.05, 0.1) is 17.5 Å². The van der Waals surface area contributed by atoms with Crippen molar-refractivity contribution in [1.29, 1.82) is 0 Å². The van der Waals surface area contributed by atoms with E-state index in [9.17, 15) is 22.0 Å². The minimum absolute atomic E-state index is 0.0755. The van der Waals surface area contributed by atoms with E-state index >= 15 is 0 Å². The maximum Gasteiger partial charge on any atom is 0.232 e. The van der Waals surface area contributed by atoms with Crippen LogP contribution in [0.2, 0.25) is 0 Å². The van der Waals surface area contributed by atoms with Crippen LogP contribution in [-0.2, 0) is 10.0 Å². The van der Waals surface area contributed by atoms with Crippen LogP contribution in [0.3, 0.4) is 0 Å². The molecule has 0 fully saturated rings. The van der Waals surface area contributed by atoms with Crippen LogP contribution in [0, 0.1) is 11.6 Å². The van der Waals surface area contributed by atoms with Crippen LogP contribution in [0.15, 0.2) is 81.6 Å². The number of hydrogen-bond donors (Lipinski definition) is 1. The van der Waals surface area contributed by atoms with Crippen molar-refractivity contribution >= 4 is 44.1 Å². The number of nitrogens with zero attached hydrogens (tertiary/aromatic N) is 2. The summed E-state index contributed by atoms with van der Waals surface area (Å²) in [7, 11) is -2.34. The van der Waals surface area contributed by atoms with E-state index in [2.05, 4.69) is 4.98 Å². The Bertz CT molecular complexity index is 2150. The largest absolute Gasteiger partial charge is 0.455 e. The van der Waals surface area contributed by atoms with Crippen LogP contribution in [0.4, 0.5) is 14.5 Å². The van der Waals surface area contributed by atoms with Gasteiger partial charge in [0.25, 0.3) is 0 Å². The van der Waals surface area contributed by atoms with Crippen molar-refractivity contribution in [1.82, 2.24) is 4.98 Å². The quantitative estimate of drug-likeness (QED) is 0.194. The summed E-state index contributed by atoms with van der Waals surface area (Å²) in [6, 6.07) is 18.0. The first-order valence-electron chi connectivity index (χ1n) is 13.2. The molecule has 2 aromatic heterocycles. The number of para-hydroxylation sites is 1. The third kappa shape index (κ3) is 5.06. The van der Waals surface area contributed by atoms with Crippen molar-refractivity contribution in [3.8, 4) is 33.9 Å². The summed E-state index contributed by atoms with van der Waals surface area (Å²) in [5, 5.41) is 0.423. The Balaban J connectivity index is 1.63. The van der Waals surface area contributed by atoms with E-state index in [1.54, 1.807) is 43.3 Å². The van der Waals surface area contributed by atoms with Crippen LogP contribution < -0.4 is 10.0 Å². The second-order valence-corrected chi connectivity index (χ2v) is 12.3. The monoisotopic (exact) mass is 601 g/mol. The topological polar surface area (TPSA) is 120 Å². The van der Waals surface area contributed by atoms with Crippen molar-refractivity contribution in [2.45, 2.75) is 13.0 Å². The van der Waals surface area contributed by atoms with Gasteiger partial charge in [-0.15, -0.1) is 0 Å². The average molecular weight is 602 g/mol. The zero-order valence-electron chi connectivity index (χ0n) is 23.3. The van der Waals surface area contributed by atoms with E-state index in [1.165, 1.54) is 43.4 Å². The molecule has 0 bridgehead atoms. The summed E-state index contributed by atoms with van der Waals surface area (Å²) in [5.41, 5.74) is 10.0. The molecule has 0 aliphatic carbocycles. The van der Waals surface area contributed by atoms with Crippen molar-refractivity contribution in [2.75, 3.05) is 17.6 Å². The molecule has 0 amide bonds. The Kier molecular flexibility index (Phi) is 6.86. The molecule has 1 unspecified atom stereocenters. The Morgan fingerprint density at radius 3 is 2.30 bits per heavy atom. The molecular formula is C32H25F2N3O5S. The van der Waals surface area contributed by atoms with Crippen molar-refractivity contribution in [3.05, 3.63) is 95.6 Å². The van der Waals surface area contributed by atoms with Crippen LogP contribution in [0.25, 0.3) is 56.0 Å². The summed E-state index contributed by atoms with van der Waals surface area (Å²) in [4.78, 5) is 16.7. The van der Waals surface area contributed by atoms with Crippen molar-refractivity contribution in [2.24, 2.45) is 5.73 Å². The van der Waals surface area contributed by atoms with Gasteiger partial charge in [-0.3, -0.25) is 9.10 Å². The number of rotatable bonds is 7. The first-order chi connectivity index (χ1) is 20.4. The molecule has 0 saturated carbocycles. The van der Waals surface area contributed by atoms with E-state index in [4.69, 9.17) is 14.6 Å². The second kappa shape index (κ2) is 10.4. The lowest BCUT2D eigenvalue weighted by Gasteiger charge is -2.21. The van der Waals surface area contributed by atoms with Gasteiger partial charge in [-0.1, -0.05) is 6.07 Å². The molecule has 43 heavy (non-hydrogen) atoms. The normalized spacial score (nSPS) is 12.6. The molecule has 2 heterocycles. The zero-order chi connectivity index (χ0) is 30.6. The Labute approximate surface area is 245 Å². The molecule has 1 atom stereocenters. The summed E-state index contributed by atoms with van der Waals surface area (Å²) < 4.78 is 66.6. The molecule has 2 N–H and O–H groups in total. The molecule has 0 spiro atoms. The van der Waals surface area contributed by atoms with E-state index in [1.807, 2.05) is 0 Å². The molecule has 0 radical (unpaired) electrons. The number of carbonyl (C=O) groups excluding carboxylic acids is 1. The molecule has 0 saturated heterocycles. The highest BCUT2D eigenvalue weighted by atomic mass is 32.2. The highest BCUT2D eigenvalue weighted by molar-refractivity contribution is 7.92. The maximum atomic E-state index is 14.4. The third-order valence-electron chi connectivity index (χ3n) is 7.31. The molecule has 6 aromatic rings. The lowest BCUT2D eigenvalue weighted by atomic mass is 9.94. The SMILES string of the molecule is CC(N)c1cc(-c2nc3c(F)cccc3o2)cc(-c2cc3c(C=O)c(-c4ccc(F)cc4)oc3cc2N(C)S(C)(=O)=O)c1. The smallest absolute Gasteiger partial charge is 0.232 e. The maximum absolute atomic E-state index is 14.4. The van der Waals surface area contributed by atoms with E-state index in [0.29, 0.717) is 39.5 Å². The molecule has 218 valence electrons. The number of benzene rings is 4. The van der Waals surface area contributed by atoms with Crippen LogP contribution in [0.1, 0.15) is 28.9 Å². The number of carbonyl (C=O) groups is 1. The molecule has 11 heteroatoms. The number of aromatic nitrogens is 1. The minimum Gasteiger partial charge on any atom is -0.455 e. The van der Waals surface area contributed by atoms with Crippen LogP contribution in [-0.4, -0.2) is 33.0 Å². The Morgan fingerprint density at radius 1 is 0.930 bits per heavy atom. The van der Waals surface area contributed by atoms with E-state index < -0.39 is 27.7 Å². The molecular weight excluding hydrogens is 576 g/mol. The first-order valence-corrected chi connectivity index (χ1v) is 15.0. The number of anilines is 1.